The lowest BCUT2D eigenvalue weighted by molar-refractivity contribution is 1.12. The Labute approximate surface area is 253 Å². The number of amidine groups is 1. The Balaban J connectivity index is 2.50. The van der Waals surface area contributed by atoms with Gasteiger partial charge in [-0.25, -0.2) is 4.99 Å². The molecule has 0 atom stereocenters. The molecule has 2 rings (SSSR count). The minimum atomic E-state index is 0.695. The maximum atomic E-state index is 6.64. The number of rotatable bonds is 11. The van der Waals surface area contributed by atoms with Crippen LogP contribution in [0, 0.1) is 0 Å². The van der Waals surface area contributed by atoms with Crippen LogP contribution in [0.4, 0.5) is 5.69 Å². The van der Waals surface area contributed by atoms with Crippen molar-refractivity contribution in [3.63, 3.8) is 0 Å². The molecule has 4 heteroatoms. The average molecular weight is 559 g/mol. The Kier molecular flexibility index (Phi) is 15.5. The third-order valence-corrected chi connectivity index (χ3v) is 6.33. The van der Waals surface area contributed by atoms with E-state index in [0.717, 1.165) is 64.2 Å². The molecule has 0 saturated carbocycles. The molecule has 1 aromatic rings. The van der Waals surface area contributed by atoms with Crippen molar-refractivity contribution in [3.8, 4) is 0 Å². The van der Waals surface area contributed by atoms with Gasteiger partial charge in [0.2, 0.25) is 0 Å². The van der Waals surface area contributed by atoms with Gasteiger partial charge in [-0.15, -0.1) is 0 Å². The molecule has 1 aliphatic rings. The summed E-state index contributed by atoms with van der Waals surface area (Å²) >= 11 is 0. The van der Waals surface area contributed by atoms with E-state index in [4.69, 9.17) is 10.7 Å². The quantitative estimate of drug-likeness (QED) is 0.0933. The number of nitrogens with one attached hydrogen (secondary N) is 1. The van der Waals surface area contributed by atoms with Crippen molar-refractivity contribution < 1.29 is 0 Å². The van der Waals surface area contributed by atoms with Crippen LogP contribution in [0.5, 0.6) is 0 Å². The summed E-state index contributed by atoms with van der Waals surface area (Å²) in [5, 5.41) is 3.60. The molecular weight excluding hydrogens is 512 g/mol. The van der Waals surface area contributed by atoms with E-state index in [1.807, 2.05) is 82.6 Å². The van der Waals surface area contributed by atoms with Gasteiger partial charge in [-0.1, -0.05) is 91.6 Å². The van der Waals surface area contributed by atoms with Crippen LogP contribution in [0.1, 0.15) is 65.0 Å². The van der Waals surface area contributed by atoms with Gasteiger partial charge in [0.25, 0.3) is 0 Å². The predicted molar refractivity (Wildman–Crippen MR) is 188 cm³/mol. The number of anilines is 1. The largest absolute Gasteiger partial charge is 0.398 e. The number of hydrogen-bond donors (Lipinski definition) is 2. The van der Waals surface area contributed by atoms with E-state index in [-0.39, 0.29) is 0 Å². The van der Waals surface area contributed by atoms with Gasteiger partial charge in [0.15, 0.2) is 0 Å². The highest BCUT2D eigenvalue weighted by atomic mass is 15.0. The van der Waals surface area contributed by atoms with Gasteiger partial charge in [0.05, 0.1) is 0 Å². The van der Waals surface area contributed by atoms with Crippen LogP contribution in [-0.4, -0.2) is 12.1 Å². The zero-order valence-electron chi connectivity index (χ0n) is 25.8. The second kappa shape index (κ2) is 19.4. The molecule has 218 valence electrons. The minimum absolute atomic E-state index is 0.695. The molecule has 0 radical (unpaired) electrons. The van der Waals surface area contributed by atoms with Crippen LogP contribution < -0.4 is 11.1 Å². The first kappa shape index (κ1) is 33.5. The zero-order chi connectivity index (χ0) is 30.6. The molecule has 3 N–H and O–H groups in total. The first-order valence-corrected chi connectivity index (χ1v) is 14.5. The van der Waals surface area contributed by atoms with Crippen LogP contribution in [0.3, 0.4) is 0 Å². The fourth-order valence-corrected chi connectivity index (χ4v) is 4.15. The van der Waals surface area contributed by atoms with Crippen molar-refractivity contribution in [2.75, 3.05) is 5.73 Å². The van der Waals surface area contributed by atoms with E-state index < -0.39 is 0 Å². The smallest absolute Gasteiger partial charge is 0.133 e. The molecule has 0 fully saturated rings. The Morgan fingerprint density at radius 1 is 0.952 bits per heavy atom. The van der Waals surface area contributed by atoms with Gasteiger partial charge < -0.3 is 11.1 Å². The molecule has 0 aromatic heterocycles. The standard InChI is InChI=1S/C38H46N4/c1-7-11-21-34(42-38(41-26-10-4)32-19-17-15-13-14-16-18-20-32)27-30(5)33-23-24-36(37(39)28-33)35(22-12-8-2)31(6)29-40-25-9-3/h7-13,15-16,18-19,21-29H,2,14,17,20,39H2,1,3-6H3,(H,41,42)/b11-7-,15-13?,18-16?,22-12-,25-9+,26-10+,30-27+,32-19+,34-21+,35-31-,40-29+. The van der Waals surface area contributed by atoms with E-state index in [0.29, 0.717) is 5.69 Å². The predicted octanol–water partition coefficient (Wildman–Crippen LogP) is 10.00. The highest BCUT2D eigenvalue weighted by molar-refractivity contribution is 6.00. The highest BCUT2D eigenvalue weighted by Crippen LogP contribution is 2.29. The molecule has 1 aromatic carbocycles. The fourth-order valence-electron chi connectivity index (χ4n) is 4.15. The van der Waals surface area contributed by atoms with Crippen LogP contribution >= 0.6 is 0 Å². The van der Waals surface area contributed by atoms with Crippen LogP contribution in [0.15, 0.2) is 149 Å². The molecule has 0 amide bonds. The summed E-state index contributed by atoms with van der Waals surface area (Å²) in [5.74, 6) is 0.835. The van der Waals surface area contributed by atoms with Gasteiger partial charge in [0, 0.05) is 35.6 Å². The molecule has 0 unspecified atom stereocenters. The maximum absolute atomic E-state index is 6.64. The van der Waals surface area contributed by atoms with Crippen molar-refractivity contribution in [1.82, 2.24) is 5.32 Å². The van der Waals surface area contributed by atoms with Crippen molar-refractivity contribution in [2.45, 2.75) is 53.9 Å². The van der Waals surface area contributed by atoms with Crippen molar-refractivity contribution in [3.05, 3.63) is 150 Å². The first-order valence-electron chi connectivity index (χ1n) is 14.5. The number of hydrogen-bond acceptors (Lipinski definition) is 3. The number of allylic oxidation sites excluding steroid dienone is 17. The molecule has 0 heterocycles. The molecule has 42 heavy (non-hydrogen) atoms. The molecule has 1 aliphatic carbocycles. The monoisotopic (exact) mass is 558 g/mol. The first-order chi connectivity index (χ1) is 20.4. The van der Waals surface area contributed by atoms with Gasteiger partial charge in [-0.3, -0.25) is 4.99 Å². The summed E-state index contributed by atoms with van der Waals surface area (Å²) in [4.78, 5) is 9.11. The van der Waals surface area contributed by atoms with Crippen molar-refractivity contribution in [2.24, 2.45) is 9.98 Å². The van der Waals surface area contributed by atoms with Gasteiger partial charge >= 0.3 is 0 Å². The molecular formula is C38H46N4. The third-order valence-electron chi connectivity index (χ3n) is 6.33. The van der Waals surface area contributed by atoms with E-state index in [9.17, 15) is 0 Å². The second-order valence-electron chi connectivity index (χ2n) is 9.66. The lowest BCUT2D eigenvalue weighted by atomic mass is 9.95. The normalized spacial score (nSPS) is 17.6. The number of benzene rings is 1. The lowest BCUT2D eigenvalue weighted by Gasteiger charge is -2.15. The van der Waals surface area contributed by atoms with Gasteiger partial charge in [0.1, 0.15) is 5.84 Å². The molecule has 0 saturated heterocycles. The van der Waals surface area contributed by atoms with E-state index in [2.05, 4.69) is 78.5 Å². The number of nitrogen functional groups attached to an aromatic ring is 1. The Morgan fingerprint density at radius 3 is 2.43 bits per heavy atom. The van der Waals surface area contributed by atoms with Crippen LogP contribution in [0.2, 0.25) is 0 Å². The summed E-state index contributed by atoms with van der Waals surface area (Å²) in [6, 6.07) is 6.21. The minimum Gasteiger partial charge on any atom is -0.398 e. The molecule has 4 nitrogen and oxygen atoms in total. The number of aliphatic imine (C=N–C) groups is 2. The van der Waals surface area contributed by atoms with Gasteiger partial charge in [-0.2, -0.15) is 0 Å². The van der Waals surface area contributed by atoms with Crippen LogP contribution in [0.25, 0.3) is 11.1 Å². The van der Waals surface area contributed by atoms with Crippen molar-refractivity contribution in [1.29, 1.82) is 0 Å². The van der Waals surface area contributed by atoms with Gasteiger partial charge in [-0.05, 0) is 100.0 Å². The second-order valence-corrected chi connectivity index (χ2v) is 9.66. The number of nitrogens with zero attached hydrogens (tertiary/aromatic N) is 2. The molecule has 0 aliphatic heterocycles. The summed E-state index contributed by atoms with van der Waals surface area (Å²) < 4.78 is 0. The average Bonchev–Trinajstić information content (AvgIpc) is 3.13. The molecule has 0 bridgehead atoms. The number of nitrogens with two attached hydrogens (primary N) is 1. The van der Waals surface area contributed by atoms with E-state index in [1.165, 1.54) is 0 Å². The lowest BCUT2D eigenvalue weighted by Crippen LogP contribution is -2.24. The van der Waals surface area contributed by atoms with Crippen LogP contribution in [-0.2, 0) is 0 Å². The highest BCUT2D eigenvalue weighted by Gasteiger charge is 2.10. The van der Waals surface area contributed by atoms with Crippen molar-refractivity contribution >= 4 is 28.9 Å². The molecule has 0 spiro atoms. The Hall–Kier alpha value is -4.70. The van der Waals surface area contributed by atoms with E-state index in [1.54, 1.807) is 12.3 Å². The van der Waals surface area contributed by atoms with E-state index >= 15 is 0 Å². The Morgan fingerprint density at radius 2 is 1.71 bits per heavy atom. The topological polar surface area (TPSA) is 62.8 Å². The third kappa shape index (κ3) is 11.4. The maximum Gasteiger partial charge on any atom is 0.133 e. The SMILES string of the molecule is C=C\C=C/C(=C(C)/C=N/C=C/C)c1ccc(/C(C)=C/C(=C\C=C/C)NC(=N\C=C\C)/C2=C/CC=CCC=CC2)cc1N. The Bertz CT molecular complexity index is 1430. The summed E-state index contributed by atoms with van der Waals surface area (Å²) in [7, 11) is 0. The summed E-state index contributed by atoms with van der Waals surface area (Å²) in [6.45, 7) is 13.9. The fraction of sp³-hybridized carbons (Fsp3) is 0.211. The summed E-state index contributed by atoms with van der Waals surface area (Å²) in [5.41, 5.74) is 14.5. The zero-order valence-corrected chi connectivity index (χ0v) is 25.8. The summed E-state index contributed by atoms with van der Waals surface area (Å²) in [6.07, 6.45) is 36.9.